The summed E-state index contributed by atoms with van der Waals surface area (Å²) in [5.74, 6) is -2.46. The molecule has 0 saturated carbocycles. The van der Waals surface area contributed by atoms with Crippen LogP contribution in [0.1, 0.15) is 5.56 Å². The van der Waals surface area contributed by atoms with E-state index < -0.39 is 30.0 Å². The maximum atomic E-state index is 12.9. The minimum absolute atomic E-state index is 0.105. The molecule has 3 aliphatic heterocycles. The number of hydrogen-bond acceptors (Lipinski definition) is 4. The number of aliphatic carboxylic acids is 1. The zero-order chi connectivity index (χ0) is 18.3. The first-order valence-corrected chi connectivity index (χ1v) is 9.23. The number of piperazine rings is 1. The van der Waals surface area contributed by atoms with Crippen LogP contribution in [0.2, 0.25) is 5.02 Å². The van der Waals surface area contributed by atoms with Gasteiger partial charge in [0.05, 0.1) is 18.1 Å². The summed E-state index contributed by atoms with van der Waals surface area (Å²) in [4.78, 5) is 28.5. The topological polar surface area (TPSA) is 70.1 Å². The molecule has 7 heteroatoms. The number of fused-ring (bicyclic) bond motifs is 2. The van der Waals surface area contributed by atoms with Crippen molar-refractivity contribution in [3.63, 3.8) is 0 Å². The quantitative estimate of drug-likeness (QED) is 0.809. The van der Waals surface area contributed by atoms with Gasteiger partial charge in [-0.2, -0.15) is 0 Å². The maximum Gasteiger partial charge on any atom is 0.310 e. The van der Waals surface area contributed by atoms with Gasteiger partial charge < -0.3 is 14.7 Å². The summed E-state index contributed by atoms with van der Waals surface area (Å²) in [6, 6.07) is 7.77. The van der Waals surface area contributed by atoms with E-state index >= 15 is 0 Å². The summed E-state index contributed by atoms with van der Waals surface area (Å²) in [5.41, 5.74) is 1.08. The first kappa shape index (κ1) is 17.5. The second-order valence-corrected chi connectivity index (χ2v) is 7.44. The number of carboxylic acid groups (broad SMARTS) is 1. The highest BCUT2D eigenvalue weighted by atomic mass is 35.5. The number of halogens is 1. The number of carboxylic acids is 1. The highest BCUT2D eigenvalue weighted by Gasteiger charge is 2.54. The third-order valence-electron chi connectivity index (χ3n) is 5.51. The second kappa shape index (κ2) is 7.02. The Morgan fingerprint density at radius 2 is 1.73 bits per heavy atom. The molecule has 0 aliphatic carbocycles. The molecule has 2 saturated heterocycles. The molecule has 1 aromatic rings. The van der Waals surface area contributed by atoms with Crippen LogP contribution in [0.5, 0.6) is 0 Å². The van der Waals surface area contributed by atoms with Crippen molar-refractivity contribution < 1.29 is 19.4 Å². The molecule has 6 nitrogen and oxygen atoms in total. The Labute approximate surface area is 157 Å². The molecule has 26 heavy (non-hydrogen) atoms. The number of rotatable bonds is 4. The molecule has 0 unspecified atom stereocenters. The molecule has 0 spiro atoms. The van der Waals surface area contributed by atoms with Crippen LogP contribution < -0.4 is 0 Å². The van der Waals surface area contributed by atoms with Crippen molar-refractivity contribution in [1.29, 1.82) is 0 Å². The third kappa shape index (κ3) is 3.13. The molecule has 1 N–H and O–H groups in total. The lowest BCUT2D eigenvalue weighted by Crippen LogP contribution is -2.52. The summed E-state index contributed by atoms with van der Waals surface area (Å²) in [7, 11) is 0. The summed E-state index contributed by atoms with van der Waals surface area (Å²) in [5, 5.41) is 10.2. The maximum absolute atomic E-state index is 12.9. The van der Waals surface area contributed by atoms with E-state index in [-0.39, 0.29) is 5.91 Å². The van der Waals surface area contributed by atoms with Gasteiger partial charge in [-0.05, 0) is 11.6 Å². The Kier molecular flexibility index (Phi) is 4.73. The fraction of sp³-hybridized carbons (Fsp3) is 0.474. The van der Waals surface area contributed by atoms with E-state index in [1.165, 1.54) is 0 Å². The number of hydrogen-bond donors (Lipinski definition) is 1. The summed E-state index contributed by atoms with van der Waals surface area (Å²) in [6.07, 6.45) is 2.69. The average Bonchev–Trinajstić information content (AvgIpc) is 3.25. The molecule has 3 heterocycles. The van der Waals surface area contributed by atoms with E-state index in [9.17, 15) is 14.7 Å². The molecule has 1 amide bonds. The molecular formula is C19H21ClN2O4. The van der Waals surface area contributed by atoms with Gasteiger partial charge in [0.1, 0.15) is 5.92 Å². The molecule has 0 aromatic heterocycles. The minimum Gasteiger partial charge on any atom is -0.481 e. The van der Waals surface area contributed by atoms with Gasteiger partial charge >= 0.3 is 5.97 Å². The van der Waals surface area contributed by atoms with Crippen LogP contribution in [-0.2, 0) is 20.9 Å². The normalized spacial score (nSPS) is 30.7. The third-order valence-corrected chi connectivity index (χ3v) is 5.87. The van der Waals surface area contributed by atoms with E-state index in [1.54, 1.807) is 11.0 Å². The lowest BCUT2D eigenvalue weighted by Gasteiger charge is -2.37. The Bertz CT molecular complexity index is 745. The van der Waals surface area contributed by atoms with Crippen LogP contribution in [0.25, 0.3) is 0 Å². The number of nitrogens with zero attached hydrogens (tertiary/aromatic N) is 2. The van der Waals surface area contributed by atoms with E-state index in [1.807, 2.05) is 30.3 Å². The molecule has 0 radical (unpaired) electrons. The van der Waals surface area contributed by atoms with E-state index in [0.29, 0.717) is 13.1 Å². The van der Waals surface area contributed by atoms with Crippen molar-refractivity contribution >= 4 is 23.5 Å². The Balaban J connectivity index is 1.37. The van der Waals surface area contributed by atoms with E-state index in [0.717, 1.165) is 30.2 Å². The number of ether oxygens (including phenoxy) is 1. The van der Waals surface area contributed by atoms with Gasteiger partial charge in [0, 0.05) is 37.7 Å². The smallest absolute Gasteiger partial charge is 0.310 e. The van der Waals surface area contributed by atoms with Gasteiger partial charge in [-0.3, -0.25) is 14.5 Å². The number of carbonyl (C=O) groups excluding carboxylic acids is 1. The zero-order valence-corrected chi connectivity index (χ0v) is 15.0. The monoisotopic (exact) mass is 376 g/mol. The highest BCUT2D eigenvalue weighted by molar-refractivity contribution is 6.31. The fourth-order valence-electron chi connectivity index (χ4n) is 4.10. The Hall–Kier alpha value is -1.89. The number of benzene rings is 1. The van der Waals surface area contributed by atoms with Crippen molar-refractivity contribution in [2.45, 2.75) is 18.8 Å². The Morgan fingerprint density at radius 3 is 2.38 bits per heavy atom. The second-order valence-electron chi connectivity index (χ2n) is 7.03. The van der Waals surface area contributed by atoms with Gasteiger partial charge in [0.15, 0.2) is 0 Å². The predicted molar refractivity (Wildman–Crippen MR) is 95.7 cm³/mol. The van der Waals surface area contributed by atoms with Crippen molar-refractivity contribution in [2.24, 2.45) is 11.8 Å². The van der Waals surface area contributed by atoms with Crippen LogP contribution in [0, 0.1) is 11.8 Å². The van der Waals surface area contributed by atoms with Crippen LogP contribution in [-0.4, -0.2) is 65.2 Å². The molecule has 4 rings (SSSR count). The van der Waals surface area contributed by atoms with Crippen molar-refractivity contribution in [2.75, 3.05) is 26.2 Å². The van der Waals surface area contributed by atoms with Gasteiger partial charge in [-0.25, -0.2) is 0 Å². The lowest BCUT2D eigenvalue weighted by molar-refractivity contribution is -0.150. The van der Waals surface area contributed by atoms with Crippen LogP contribution in [0.15, 0.2) is 36.4 Å². The summed E-state index contributed by atoms with van der Waals surface area (Å²) in [6.45, 7) is 3.41. The van der Waals surface area contributed by atoms with Gasteiger partial charge in [0.25, 0.3) is 0 Å². The molecule has 4 atom stereocenters. The highest BCUT2D eigenvalue weighted by Crippen LogP contribution is 2.40. The summed E-state index contributed by atoms with van der Waals surface area (Å²) < 4.78 is 5.62. The number of carbonyl (C=O) groups is 2. The molecule has 2 bridgehead atoms. The lowest BCUT2D eigenvalue weighted by atomic mass is 9.82. The molecule has 138 valence electrons. The SMILES string of the molecule is O=C(O)[C@H]1[C@H](C(=O)N2CCN(Cc3ccccc3Cl)CC2)[C@H]2C=C[C@H]1O2. The molecule has 3 aliphatic rings. The fourth-order valence-corrected chi connectivity index (χ4v) is 4.30. The van der Waals surface area contributed by atoms with E-state index in [2.05, 4.69) is 4.90 Å². The average molecular weight is 377 g/mol. The molecule has 1 aromatic carbocycles. The van der Waals surface area contributed by atoms with Crippen molar-refractivity contribution in [3.05, 3.63) is 47.0 Å². The van der Waals surface area contributed by atoms with Gasteiger partial charge in [0.2, 0.25) is 5.91 Å². The Morgan fingerprint density at radius 1 is 1.08 bits per heavy atom. The largest absolute Gasteiger partial charge is 0.481 e. The molecule has 2 fully saturated rings. The number of amides is 1. The standard InChI is InChI=1S/C19H21ClN2O4/c20-13-4-2-1-3-12(13)11-21-7-9-22(10-8-21)18(23)16-14-5-6-15(26-14)17(16)19(24)25/h1-6,14-17H,7-11H2,(H,24,25)/t14-,15-,16-,17-/m1/s1. The molecular weight excluding hydrogens is 356 g/mol. The first-order valence-electron chi connectivity index (χ1n) is 8.86. The van der Waals surface area contributed by atoms with E-state index in [4.69, 9.17) is 16.3 Å². The minimum atomic E-state index is -0.961. The van der Waals surface area contributed by atoms with Crippen LogP contribution >= 0.6 is 11.6 Å². The van der Waals surface area contributed by atoms with Crippen LogP contribution in [0.4, 0.5) is 0 Å². The van der Waals surface area contributed by atoms with Gasteiger partial charge in [-0.1, -0.05) is 42.0 Å². The van der Waals surface area contributed by atoms with Crippen molar-refractivity contribution in [3.8, 4) is 0 Å². The van der Waals surface area contributed by atoms with Gasteiger partial charge in [-0.15, -0.1) is 0 Å². The van der Waals surface area contributed by atoms with Crippen molar-refractivity contribution in [1.82, 2.24) is 9.80 Å². The zero-order valence-electron chi connectivity index (χ0n) is 14.3. The summed E-state index contributed by atoms with van der Waals surface area (Å²) >= 11 is 6.22. The first-order chi connectivity index (χ1) is 12.5. The van der Waals surface area contributed by atoms with Crippen LogP contribution in [0.3, 0.4) is 0 Å². The predicted octanol–water partition coefficient (Wildman–Crippen LogP) is 1.64.